The van der Waals surface area contributed by atoms with Gasteiger partial charge in [0.1, 0.15) is 11.3 Å². The third-order valence-electron chi connectivity index (χ3n) is 3.07. The van der Waals surface area contributed by atoms with Crippen molar-refractivity contribution in [3.8, 4) is 0 Å². The van der Waals surface area contributed by atoms with Gasteiger partial charge in [0, 0.05) is 12.4 Å². The summed E-state index contributed by atoms with van der Waals surface area (Å²) < 4.78 is 1.66. The first-order valence-electron chi connectivity index (χ1n) is 5.92. The second-order valence-corrected chi connectivity index (χ2v) is 4.52. The van der Waals surface area contributed by atoms with E-state index in [-0.39, 0.29) is 0 Å². The molecule has 6 nitrogen and oxygen atoms in total. The molecule has 0 amide bonds. The Labute approximate surface area is 106 Å². The molecule has 0 saturated carbocycles. The highest BCUT2D eigenvalue weighted by molar-refractivity contribution is 5.10. The topological polar surface area (TPSA) is 76.7 Å². The zero-order valence-corrected chi connectivity index (χ0v) is 10.8. The molecule has 1 N–H and O–H groups in total. The van der Waals surface area contributed by atoms with Crippen molar-refractivity contribution in [3.05, 3.63) is 35.7 Å². The SMILES string of the molecule is CCC(C)(O)c1cn(Cc2nccnc2C)nn1. The van der Waals surface area contributed by atoms with Crippen molar-refractivity contribution in [2.24, 2.45) is 0 Å². The maximum atomic E-state index is 10.1. The van der Waals surface area contributed by atoms with Crippen LogP contribution in [0.25, 0.3) is 0 Å². The summed E-state index contributed by atoms with van der Waals surface area (Å²) in [6.07, 6.45) is 5.66. The van der Waals surface area contributed by atoms with Crippen LogP contribution in [-0.2, 0) is 12.1 Å². The van der Waals surface area contributed by atoms with Gasteiger partial charge in [-0.15, -0.1) is 5.10 Å². The summed E-state index contributed by atoms with van der Waals surface area (Å²) in [6.45, 7) is 6.05. The number of rotatable bonds is 4. The molecule has 0 saturated heterocycles. The van der Waals surface area contributed by atoms with Gasteiger partial charge in [0.2, 0.25) is 0 Å². The Morgan fingerprint density at radius 3 is 2.72 bits per heavy atom. The maximum absolute atomic E-state index is 10.1. The van der Waals surface area contributed by atoms with Crippen LogP contribution < -0.4 is 0 Å². The Kier molecular flexibility index (Phi) is 3.38. The van der Waals surface area contributed by atoms with Gasteiger partial charge in [-0.2, -0.15) is 0 Å². The number of aromatic nitrogens is 5. The summed E-state index contributed by atoms with van der Waals surface area (Å²) >= 11 is 0. The van der Waals surface area contributed by atoms with Gasteiger partial charge in [0.25, 0.3) is 0 Å². The second-order valence-electron chi connectivity index (χ2n) is 4.52. The molecule has 0 aliphatic rings. The minimum atomic E-state index is -0.935. The number of aryl methyl sites for hydroxylation is 1. The highest BCUT2D eigenvalue weighted by Gasteiger charge is 2.24. The van der Waals surface area contributed by atoms with Gasteiger partial charge in [-0.25, -0.2) is 4.68 Å². The molecular formula is C12H17N5O. The van der Waals surface area contributed by atoms with Crippen molar-refractivity contribution in [3.63, 3.8) is 0 Å². The Hall–Kier alpha value is -1.82. The first-order valence-corrected chi connectivity index (χ1v) is 5.92. The standard InChI is InChI=1S/C12H17N5O/c1-4-12(3,18)11-8-17(16-15-11)7-10-9(2)13-5-6-14-10/h5-6,8,18H,4,7H2,1-3H3. The van der Waals surface area contributed by atoms with Crippen molar-refractivity contribution in [1.82, 2.24) is 25.0 Å². The fourth-order valence-corrected chi connectivity index (χ4v) is 1.55. The van der Waals surface area contributed by atoms with Crippen LogP contribution in [-0.4, -0.2) is 30.1 Å². The highest BCUT2D eigenvalue weighted by atomic mass is 16.3. The van der Waals surface area contributed by atoms with Crippen LogP contribution in [0.2, 0.25) is 0 Å². The summed E-state index contributed by atoms with van der Waals surface area (Å²) in [4.78, 5) is 8.43. The van der Waals surface area contributed by atoms with Crippen LogP contribution in [0.5, 0.6) is 0 Å². The van der Waals surface area contributed by atoms with E-state index >= 15 is 0 Å². The van der Waals surface area contributed by atoms with E-state index in [1.165, 1.54) is 0 Å². The predicted molar refractivity (Wildman–Crippen MR) is 65.8 cm³/mol. The van der Waals surface area contributed by atoms with Gasteiger partial charge >= 0.3 is 0 Å². The molecule has 2 aromatic heterocycles. The van der Waals surface area contributed by atoms with E-state index < -0.39 is 5.60 Å². The van der Waals surface area contributed by atoms with Crippen molar-refractivity contribution in [2.45, 2.75) is 39.3 Å². The first kappa shape index (κ1) is 12.6. The predicted octanol–water partition coefficient (Wildman–Crippen LogP) is 1.04. The van der Waals surface area contributed by atoms with E-state index in [2.05, 4.69) is 20.3 Å². The van der Waals surface area contributed by atoms with Crippen LogP contribution in [0.15, 0.2) is 18.6 Å². The molecule has 0 fully saturated rings. The number of hydrogen-bond acceptors (Lipinski definition) is 5. The molecule has 0 spiro atoms. The zero-order chi connectivity index (χ0) is 13.2. The lowest BCUT2D eigenvalue weighted by Gasteiger charge is -2.16. The first-order chi connectivity index (χ1) is 8.53. The number of nitrogens with zero attached hydrogens (tertiary/aromatic N) is 5. The van der Waals surface area contributed by atoms with Crippen LogP contribution in [0.1, 0.15) is 37.4 Å². The summed E-state index contributed by atoms with van der Waals surface area (Å²) in [6, 6.07) is 0. The van der Waals surface area contributed by atoms with Gasteiger partial charge in [-0.05, 0) is 20.3 Å². The molecule has 1 unspecified atom stereocenters. The van der Waals surface area contributed by atoms with E-state index in [9.17, 15) is 5.11 Å². The molecule has 0 aliphatic heterocycles. The Balaban J connectivity index is 2.20. The van der Waals surface area contributed by atoms with E-state index in [4.69, 9.17) is 0 Å². The summed E-state index contributed by atoms with van der Waals surface area (Å²) in [5.41, 5.74) is 1.36. The Bertz CT molecular complexity index is 535. The average molecular weight is 247 g/mol. The lowest BCUT2D eigenvalue weighted by atomic mass is 10.0. The van der Waals surface area contributed by atoms with Crippen molar-refractivity contribution in [2.75, 3.05) is 0 Å². The minimum Gasteiger partial charge on any atom is -0.384 e. The van der Waals surface area contributed by atoms with Crippen molar-refractivity contribution >= 4 is 0 Å². The van der Waals surface area contributed by atoms with Crippen LogP contribution in [0, 0.1) is 6.92 Å². The molecule has 0 radical (unpaired) electrons. The fourth-order valence-electron chi connectivity index (χ4n) is 1.55. The molecular weight excluding hydrogens is 230 g/mol. The summed E-state index contributed by atoms with van der Waals surface area (Å²) in [5, 5.41) is 18.1. The molecule has 2 heterocycles. The number of hydrogen-bond donors (Lipinski definition) is 1. The summed E-state index contributed by atoms with van der Waals surface area (Å²) in [5.74, 6) is 0. The maximum Gasteiger partial charge on any atom is 0.114 e. The van der Waals surface area contributed by atoms with Crippen LogP contribution >= 0.6 is 0 Å². The second kappa shape index (κ2) is 4.81. The molecule has 0 bridgehead atoms. The van der Waals surface area contributed by atoms with Gasteiger partial charge < -0.3 is 5.11 Å². The molecule has 18 heavy (non-hydrogen) atoms. The number of aliphatic hydroxyl groups is 1. The zero-order valence-electron chi connectivity index (χ0n) is 10.8. The van der Waals surface area contributed by atoms with Gasteiger partial charge in [0.05, 0.1) is 24.1 Å². The van der Waals surface area contributed by atoms with E-state index in [1.54, 1.807) is 30.2 Å². The lowest BCUT2D eigenvalue weighted by Crippen LogP contribution is -2.20. The average Bonchev–Trinajstić information content (AvgIpc) is 2.81. The van der Waals surface area contributed by atoms with Gasteiger partial charge in [0.15, 0.2) is 0 Å². The largest absolute Gasteiger partial charge is 0.384 e. The van der Waals surface area contributed by atoms with Gasteiger partial charge in [-0.1, -0.05) is 12.1 Å². The van der Waals surface area contributed by atoms with Gasteiger partial charge in [-0.3, -0.25) is 9.97 Å². The molecule has 96 valence electrons. The molecule has 2 aromatic rings. The highest BCUT2D eigenvalue weighted by Crippen LogP contribution is 2.21. The minimum absolute atomic E-state index is 0.506. The summed E-state index contributed by atoms with van der Waals surface area (Å²) in [7, 11) is 0. The fraction of sp³-hybridized carbons (Fsp3) is 0.500. The monoisotopic (exact) mass is 247 g/mol. The quantitative estimate of drug-likeness (QED) is 0.873. The smallest absolute Gasteiger partial charge is 0.114 e. The molecule has 1 atom stereocenters. The lowest BCUT2D eigenvalue weighted by molar-refractivity contribution is 0.0484. The third kappa shape index (κ3) is 2.53. The van der Waals surface area contributed by atoms with Crippen molar-refractivity contribution < 1.29 is 5.11 Å². The van der Waals surface area contributed by atoms with E-state index in [0.29, 0.717) is 18.7 Å². The Morgan fingerprint density at radius 2 is 2.06 bits per heavy atom. The normalized spacial score (nSPS) is 14.4. The Morgan fingerprint density at radius 1 is 1.33 bits per heavy atom. The van der Waals surface area contributed by atoms with Crippen LogP contribution in [0.4, 0.5) is 0 Å². The molecule has 0 aromatic carbocycles. The molecule has 0 aliphatic carbocycles. The molecule has 6 heteroatoms. The molecule has 2 rings (SSSR count). The van der Waals surface area contributed by atoms with Crippen molar-refractivity contribution in [1.29, 1.82) is 0 Å². The third-order valence-corrected chi connectivity index (χ3v) is 3.07. The van der Waals surface area contributed by atoms with E-state index in [0.717, 1.165) is 11.4 Å². The van der Waals surface area contributed by atoms with E-state index in [1.807, 2.05) is 13.8 Å². The van der Waals surface area contributed by atoms with Crippen LogP contribution in [0.3, 0.4) is 0 Å².